The summed E-state index contributed by atoms with van der Waals surface area (Å²) in [5.41, 5.74) is 2.56. The number of benzene rings is 3. The summed E-state index contributed by atoms with van der Waals surface area (Å²) in [5, 5.41) is 0. The van der Waals surface area contributed by atoms with E-state index in [1.54, 1.807) is 43.3 Å². The van der Waals surface area contributed by atoms with Crippen molar-refractivity contribution in [2.45, 2.75) is 6.92 Å². The van der Waals surface area contributed by atoms with Crippen LogP contribution in [-0.4, -0.2) is 6.61 Å². The van der Waals surface area contributed by atoms with Crippen LogP contribution in [0.2, 0.25) is 0 Å². The van der Waals surface area contributed by atoms with Crippen LogP contribution >= 0.6 is 0 Å². The van der Waals surface area contributed by atoms with Crippen LogP contribution in [-0.2, 0) is 0 Å². The van der Waals surface area contributed by atoms with Crippen LogP contribution in [0, 0.1) is 17.5 Å². The topological polar surface area (TPSA) is 9.23 Å². The summed E-state index contributed by atoms with van der Waals surface area (Å²) >= 11 is 0. The third kappa shape index (κ3) is 3.36. The second kappa shape index (κ2) is 7.48. The molecule has 0 aromatic heterocycles. The van der Waals surface area contributed by atoms with Gasteiger partial charge in [0, 0.05) is 11.1 Å². The van der Waals surface area contributed by atoms with Crippen molar-refractivity contribution in [3.63, 3.8) is 0 Å². The molecule has 0 aliphatic heterocycles. The molecule has 3 aromatic rings. The molecule has 3 aromatic carbocycles. The molecule has 0 aliphatic carbocycles. The molecule has 0 unspecified atom stereocenters. The number of rotatable bonds is 5. The number of ether oxygens (including phenoxy) is 1. The van der Waals surface area contributed by atoms with Crippen LogP contribution in [0.3, 0.4) is 0 Å². The lowest BCUT2D eigenvalue weighted by molar-refractivity contribution is 0.314. The molecule has 0 amide bonds. The first-order valence-electron chi connectivity index (χ1n) is 8.18. The molecule has 0 bridgehead atoms. The van der Waals surface area contributed by atoms with Gasteiger partial charge in [-0.25, -0.2) is 8.78 Å². The predicted octanol–water partition coefficient (Wildman–Crippen LogP) is 6.48. The summed E-state index contributed by atoms with van der Waals surface area (Å²) in [5.74, 6) is -2.43. The van der Waals surface area contributed by atoms with Gasteiger partial charge in [-0.15, -0.1) is 0 Å². The largest absolute Gasteiger partial charge is 0.491 e. The van der Waals surface area contributed by atoms with E-state index >= 15 is 0 Å². The summed E-state index contributed by atoms with van der Waals surface area (Å²) < 4.78 is 47.3. The minimum atomic E-state index is -1.00. The molecule has 132 valence electrons. The highest BCUT2D eigenvalue weighted by Crippen LogP contribution is 2.31. The maximum absolute atomic E-state index is 14.3. The maximum Gasteiger partial charge on any atom is 0.201 e. The van der Waals surface area contributed by atoms with Crippen LogP contribution in [0.1, 0.15) is 12.5 Å². The smallest absolute Gasteiger partial charge is 0.201 e. The van der Waals surface area contributed by atoms with E-state index in [2.05, 4.69) is 6.58 Å². The molecule has 1 nitrogen and oxygen atoms in total. The molecule has 0 saturated carbocycles. The van der Waals surface area contributed by atoms with Gasteiger partial charge in [0.2, 0.25) is 5.82 Å². The third-order valence-electron chi connectivity index (χ3n) is 4.10. The molecule has 4 heteroatoms. The number of hydrogen-bond donors (Lipinski definition) is 0. The average molecular weight is 354 g/mol. The summed E-state index contributed by atoms with van der Waals surface area (Å²) in [4.78, 5) is 0. The highest BCUT2D eigenvalue weighted by atomic mass is 19.2. The van der Waals surface area contributed by atoms with Gasteiger partial charge in [0.05, 0.1) is 6.61 Å². The van der Waals surface area contributed by atoms with Gasteiger partial charge >= 0.3 is 0 Å². The SMILES string of the molecule is C=Cc1ccc(-c2ccc(-c3ccc(OCC)c(F)c3F)cc2)cc1F. The van der Waals surface area contributed by atoms with Crippen molar-refractivity contribution < 1.29 is 17.9 Å². The molecule has 0 fully saturated rings. The highest BCUT2D eigenvalue weighted by Gasteiger charge is 2.15. The molecule has 0 heterocycles. The Kier molecular flexibility index (Phi) is 5.12. The van der Waals surface area contributed by atoms with Crippen molar-refractivity contribution in [1.82, 2.24) is 0 Å². The fourth-order valence-electron chi connectivity index (χ4n) is 2.74. The lowest BCUT2D eigenvalue weighted by Crippen LogP contribution is -1.98. The number of halogens is 3. The Morgan fingerprint density at radius 1 is 0.846 bits per heavy atom. The Morgan fingerprint density at radius 3 is 2.12 bits per heavy atom. The first-order chi connectivity index (χ1) is 12.5. The van der Waals surface area contributed by atoms with Gasteiger partial charge < -0.3 is 4.74 Å². The monoisotopic (exact) mass is 354 g/mol. The molecular formula is C22H17F3O. The van der Waals surface area contributed by atoms with E-state index in [1.807, 2.05) is 0 Å². The van der Waals surface area contributed by atoms with Crippen LogP contribution in [0.4, 0.5) is 13.2 Å². The fraction of sp³-hybridized carbons (Fsp3) is 0.0909. The minimum absolute atomic E-state index is 0.108. The van der Waals surface area contributed by atoms with Crippen molar-refractivity contribution in [1.29, 1.82) is 0 Å². The molecular weight excluding hydrogens is 337 g/mol. The lowest BCUT2D eigenvalue weighted by Gasteiger charge is -2.10. The van der Waals surface area contributed by atoms with Crippen LogP contribution in [0.25, 0.3) is 28.3 Å². The molecule has 0 radical (unpaired) electrons. The zero-order chi connectivity index (χ0) is 18.7. The van der Waals surface area contributed by atoms with Crippen LogP contribution in [0.15, 0.2) is 61.2 Å². The standard InChI is InChI=1S/C22H17F3O/c1-3-14-5-10-17(13-19(14)23)15-6-8-16(9-7-15)18-11-12-20(26-4-2)22(25)21(18)24/h3,5-13H,1,4H2,2H3. The van der Waals surface area contributed by atoms with E-state index in [0.29, 0.717) is 16.7 Å². The van der Waals surface area contributed by atoms with Crippen molar-refractivity contribution in [3.05, 3.63) is 84.2 Å². The third-order valence-corrected chi connectivity index (χ3v) is 4.10. The van der Waals surface area contributed by atoms with E-state index in [-0.39, 0.29) is 23.7 Å². The van der Waals surface area contributed by atoms with Gasteiger partial charge in [-0.05, 0) is 41.8 Å². The summed E-state index contributed by atoms with van der Waals surface area (Å²) in [6.07, 6.45) is 1.45. The molecule has 26 heavy (non-hydrogen) atoms. The number of hydrogen-bond acceptors (Lipinski definition) is 1. The van der Waals surface area contributed by atoms with Crippen molar-refractivity contribution in [2.75, 3.05) is 6.61 Å². The summed E-state index contributed by atoms with van der Waals surface area (Å²) in [6.45, 7) is 5.52. The highest BCUT2D eigenvalue weighted by molar-refractivity contribution is 5.72. The van der Waals surface area contributed by atoms with Gasteiger partial charge in [-0.3, -0.25) is 0 Å². The molecule has 0 saturated heterocycles. The quantitative estimate of drug-likeness (QED) is 0.509. The average Bonchev–Trinajstić information content (AvgIpc) is 2.66. The molecule has 0 spiro atoms. The Bertz CT molecular complexity index is 946. The first kappa shape index (κ1) is 17.8. The Labute approximate surface area is 150 Å². The first-order valence-corrected chi connectivity index (χ1v) is 8.18. The zero-order valence-corrected chi connectivity index (χ0v) is 14.2. The molecule has 0 N–H and O–H groups in total. The second-order valence-electron chi connectivity index (χ2n) is 5.69. The van der Waals surface area contributed by atoms with Crippen molar-refractivity contribution >= 4 is 6.08 Å². The Balaban J connectivity index is 1.94. The van der Waals surface area contributed by atoms with E-state index in [4.69, 9.17) is 4.74 Å². The molecule has 0 atom stereocenters. The van der Waals surface area contributed by atoms with E-state index in [0.717, 1.165) is 5.56 Å². The maximum atomic E-state index is 14.3. The van der Waals surface area contributed by atoms with Crippen LogP contribution < -0.4 is 4.74 Å². The van der Waals surface area contributed by atoms with Gasteiger partial charge in [0.15, 0.2) is 11.6 Å². The fourth-order valence-corrected chi connectivity index (χ4v) is 2.74. The summed E-state index contributed by atoms with van der Waals surface area (Å²) in [6, 6.07) is 14.6. The van der Waals surface area contributed by atoms with E-state index < -0.39 is 11.6 Å². The van der Waals surface area contributed by atoms with Gasteiger partial charge in [-0.2, -0.15) is 4.39 Å². The van der Waals surface area contributed by atoms with Crippen molar-refractivity contribution in [3.8, 4) is 28.0 Å². The normalized spacial score (nSPS) is 10.6. The lowest BCUT2D eigenvalue weighted by atomic mass is 9.99. The van der Waals surface area contributed by atoms with E-state index in [1.165, 1.54) is 24.3 Å². The van der Waals surface area contributed by atoms with E-state index in [9.17, 15) is 13.2 Å². The van der Waals surface area contributed by atoms with Crippen LogP contribution in [0.5, 0.6) is 5.75 Å². The molecule has 3 rings (SSSR count). The second-order valence-corrected chi connectivity index (χ2v) is 5.69. The summed E-state index contributed by atoms with van der Waals surface area (Å²) in [7, 11) is 0. The Hall–Kier alpha value is -3.01. The van der Waals surface area contributed by atoms with Gasteiger partial charge in [-0.1, -0.05) is 49.1 Å². The van der Waals surface area contributed by atoms with Crippen molar-refractivity contribution in [2.24, 2.45) is 0 Å². The Morgan fingerprint density at radius 2 is 1.50 bits per heavy atom. The minimum Gasteiger partial charge on any atom is -0.491 e. The van der Waals surface area contributed by atoms with Gasteiger partial charge in [0.1, 0.15) is 5.82 Å². The zero-order valence-electron chi connectivity index (χ0n) is 14.2. The van der Waals surface area contributed by atoms with Gasteiger partial charge in [0.25, 0.3) is 0 Å². The molecule has 0 aliphatic rings. The predicted molar refractivity (Wildman–Crippen MR) is 98.4 cm³/mol.